The number of rotatable bonds is 21. The Kier molecular flexibility index (Phi) is 15.6. The van der Waals surface area contributed by atoms with Crippen LogP contribution in [0.25, 0.3) is 11.1 Å². The topological polar surface area (TPSA) is 157 Å². The van der Waals surface area contributed by atoms with E-state index in [2.05, 4.69) is 46.9 Å². The molecule has 0 aliphatic carbocycles. The number of hydrogen-bond donors (Lipinski definition) is 4. The highest BCUT2D eigenvalue weighted by Crippen LogP contribution is 2.42. The van der Waals surface area contributed by atoms with E-state index in [4.69, 9.17) is 18.9 Å². The van der Waals surface area contributed by atoms with Gasteiger partial charge in [-0.1, -0.05) is 50.2 Å². The largest absolute Gasteiger partial charge is 0.487 e. The molecule has 14 heteroatoms. The third-order valence-corrected chi connectivity index (χ3v) is 11.1. The first-order valence-electron chi connectivity index (χ1n) is 20.5. The summed E-state index contributed by atoms with van der Waals surface area (Å²) in [6.07, 6.45) is 3.44. The Labute approximate surface area is 359 Å². The summed E-state index contributed by atoms with van der Waals surface area (Å²) in [5, 5.41) is 20.9. The van der Waals surface area contributed by atoms with Gasteiger partial charge in [-0.25, -0.2) is 14.2 Å². The Hall–Kier alpha value is -5.67. The molecule has 0 fully saturated rings. The van der Waals surface area contributed by atoms with E-state index < -0.39 is 17.3 Å². The number of anilines is 1. The van der Waals surface area contributed by atoms with Gasteiger partial charge in [-0.05, 0) is 96.8 Å². The lowest BCUT2D eigenvalue weighted by Crippen LogP contribution is -2.47. The first-order valence-corrected chi connectivity index (χ1v) is 21.3. The molecule has 2 heterocycles. The van der Waals surface area contributed by atoms with Crippen molar-refractivity contribution in [3.05, 3.63) is 124 Å². The second kappa shape index (κ2) is 21.2. The zero-order valence-corrected chi connectivity index (χ0v) is 35.7. The quantitative estimate of drug-likeness (QED) is 0.0529. The molecule has 1 aromatic heterocycles. The molecule has 4 N–H and O–H groups in total. The molecule has 1 unspecified atom stereocenters. The van der Waals surface area contributed by atoms with Crippen molar-refractivity contribution in [1.82, 2.24) is 15.6 Å². The fraction of sp³-hybridized carbons (Fsp3) is 0.362. The van der Waals surface area contributed by atoms with Gasteiger partial charge >= 0.3 is 5.97 Å². The van der Waals surface area contributed by atoms with Crippen molar-refractivity contribution in [1.29, 1.82) is 0 Å². The number of carboxylic acid groups (broad SMARTS) is 1. The van der Waals surface area contributed by atoms with Crippen LogP contribution in [-0.4, -0.2) is 74.0 Å². The van der Waals surface area contributed by atoms with Crippen LogP contribution in [0, 0.1) is 11.7 Å². The SMILES string of the molecule is CC(C)Cc1ccc(C(C)C(=O)NCCOCCOCCOc2cc3c(cc2Oc2ccc(-c4ccc(C(=O)O)cc4)c(F)c2)[C@@](C)(CC(=O)Nc2nccs2)NCC3)cc1. The molecule has 0 saturated heterocycles. The smallest absolute Gasteiger partial charge is 0.335 e. The van der Waals surface area contributed by atoms with Crippen molar-refractivity contribution in [2.75, 3.05) is 51.4 Å². The summed E-state index contributed by atoms with van der Waals surface area (Å²) < 4.78 is 39.5. The molecule has 0 spiro atoms. The zero-order chi connectivity index (χ0) is 43.4. The van der Waals surface area contributed by atoms with Crippen molar-refractivity contribution in [2.45, 2.75) is 58.4 Å². The van der Waals surface area contributed by atoms with Crippen LogP contribution in [0.3, 0.4) is 0 Å². The normalized spacial score (nSPS) is 15.2. The number of benzene rings is 4. The molecule has 322 valence electrons. The molecule has 61 heavy (non-hydrogen) atoms. The van der Waals surface area contributed by atoms with Crippen molar-refractivity contribution in [2.24, 2.45) is 5.92 Å². The summed E-state index contributed by atoms with van der Waals surface area (Å²) in [7, 11) is 0. The summed E-state index contributed by atoms with van der Waals surface area (Å²) in [6.45, 7) is 10.7. The van der Waals surface area contributed by atoms with Crippen molar-refractivity contribution in [3.8, 4) is 28.4 Å². The van der Waals surface area contributed by atoms with Crippen molar-refractivity contribution in [3.63, 3.8) is 0 Å². The van der Waals surface area contributed by atoms with E-state index in [9.17, 15) is 19.5 Å². The predicted molar refractivity (Wildman–Crippen MR) is 233 cm³/mol. The Morgan fingerprint density at radius 2 is 1.66 bits per heavy atom. The fourth-order valence-electron chi connectivity index (χ4n) is 7.22. The monoisotopic (exact) mass is 852 g/mol. The van der Waals surface area contributed by atoms with Gasteiger partial charge in [0.15, 0.2) is 16.6 Å². The van der Waals surface area contributed by atoms with Crippen LogP contribution in [-0.2, 0) is 37.4 Å². The number of amides is 2. The molecule has 5 aromatic rings. The lowest BCUT2D eigenvalue weighted by Gasteiger charge is -2.37. The highest BCUT2D eigenvalue weighted by molar-refractivity contribution is 7.13. The standard InChI is InChI=1S/C47H53FN4O8S/c1-30(2)25-32-5-7-33(8-6-32)31(3)44(54)49-17-19-57-20-21-58-22-23-59-41-26-36-15-16-51-47(4,29-43(53)52-46-50-18-24-61-46)39(36)28-42(41)60-37-13-14-38(40(48)27-37)34-9-11-35(12-10-34)45(55)56/h5-14,18,24,26-28,30-31,51H,15-17,19-23,25,29H2,1-4H3,(H,49,54)(H,55,56)(H,50,52,53)/t31?,47-/m1/s1. The maximum atomic E-state index is 15.6. The number of fused-ring (bicyclic) bond motifs is 1. The van der Waals surface area contributed by atoms with Gasteiger partial charge < -0.3 is 40.0 Å². The van der Waals surface area contributed by atoms with Gasteiger partial charge in [0.1, 0.15) is 18.2 Å². The van der Waals surface area contributed by atoms with Gasteiger partial charge in [-0.15, -0.1) is 11.3 Å². The first kappa shape index (κ1) is 44.9. The lowest BCUT2D eigenvalue weighted by atomic mass is 9.81. The molecular weight excluding hydrogens is 800 g/mol. The molecule has 1 aliphatic heterocycles. The minimum atomic E-state index is -1.07. The molecule has 1 aliphatic rings. The van der Waals surface area contributed by atoms with Crippen LogP contribution in [0.1, 0.15) is 72.6 Å². The molecule has 12 nitrogen and oxygen atoms in total. The molecule has 4 aromatic carbocycles. The summed E-state index contributed by atoms with van der Waals surface area (Å²) in [6, 6.07) is 22.4. The van der Waals surface area contributed by atoms with Gasteiger partial charge in [0, 0.05) is 48.3 Å². The van der Waals surface area contributed by atoms with Crippen LogP contribution < -0.4 is 25.4 Å². The Morgan fingerprint density at radius 1 is 0.918 bits per heavy atom. The Balaban J connectivity index is 1.04. The number of aromatic carboxylic acids is 1. The number of carbonyl (C=O) groups is 3. The number of aromatic nitrogens is 1. The van der Waals surface area contributed by atoms with Gasteiger partial charge in [0.25, 0.3) is 0 Å². The van der Waals surface area contributed by atoms with E-state index in [-0.39, 0.29) is 54.2 Å². The minimum absolute atomic E-state index is 0.0517. The number of halogens is 1. The molecule has 6 rings (SSSR count). The average molecular weight is 853 g/mol. The second-order valence-corrected chi connectivity index (χ2v) is 16.5. The van der Waals surface area contributed by atoms with E-state index in [1.54, 1.807) is 35.8 Å². The first-order chi connectivity index (χ1) is 29.4. The zero-order valence-electron chi connectivity index (χ0n) is 34.9. The second-order valence-electron chi connectivity index (χ2n) is 15.6. The summed E-state index contributed by atoms with van der Waals surface area (Å²) in [4.78, 5) is 41.3. The summed E-state index contributed by atoms with van der Waals surface area (Å²) in [5.74, 6) is -0.584. The minimum Gasteiger partial charge on any atom is -0.487 e. The molecule has 0 bridgehead atoms. The van der Waals surface area contributed by atoms with Crippen molar-refractivity contribution < 1.29 is 42.8 Å². The number of hydrogen-bond acceptors (Lipinski definition) is 10. The molecule has 0 radical (unpaired) electrons. The number of thiazole rings is 1. The molecule has 2 atom stereocenters. The molecule has 0 saturated carbocycles. The van der Waals surface area contributed by atoms with Crippen LogP contribution in [0.15, 0.2) is 90.4 Å². The van der Waals surface area contributed by atoms with Crippen LogP contribution >= 0.6 is 11.3 Å². The number of carboxylic acids is 1. The van der Waals surface area contributed by atoms with E-state index >= 15 is 4.39 Å². The summed E-state index contributed by atoms with van der Waals surface area (Å²) in [5.41, 5.74) is 4.22. The highest BCUT2D eigenvalue weighted by Gasteiger charge is 2.35. The Morgan fingerprint density at radius 3 is 2.34 bits per heavy atom. The van der Waals surface area contributed by atoms with E-state index in [1.165, 1.54) is 35.1 Å². The molecular formula is C47H53FN4O8S. The van der Waals surface area contributed by atoms with Crippen LogP contribution in [0.2, 0.25) is 0 Å². The van der Waals surface area contributed by atoms with Crippen LogP contribution in [0.5, 0.6) is 17.2 Å². The lowest BCUT2D eigenvalue weighted by molar-refractivity contribution is -0.122. The fourth-order valence-corrected chi connectivity index (χ4v) is 7.77. The molecule has 2 amide bonds. The number of nitrogens with one attached hydrogen (secondary N) is 3. The predicted octanol–water partition coefficient (Wildman–Crippen LogP) is 8.36. The van der Waals surface area contributed by atoms with E-state index in [0.29, 0.717) is 67.4 Å². The third kappa shape index (κ3) is 12.4. The van der Waals surface area contributed by atoms with E-state index in [1.807, 2.05) is 38.1 Å². The number of carbonyl (C=O) groups excluding carboxylic acids is 2. The van der Waals surface area contributed by atoms with E-state index in [0.717, 1.165) is 23.1 Å². The average Bonchev–Trinajstić information content (AvgIpc) is 3.74. The Bertz CT molecular complexity index is 2250. The van der Waals surface area contributed by atoms with Gasteiger partial charge in [-0.2, -0.15) is 0 Å². The maximum Gasteiger partial charge on any atom is 0.335 e. The van der Waals surface area contributed by atoms with Crippen molar-refractivity contribution >= 4 is 34.3 Å². The van der Waals surface area contributed by atoms with Crippen LogP contribution in [0.4, 0.5) is 9.52 Å². The van der Waals surface area contributed by atoms with Gasteiger partial charge in [0.2, 0.25) is 11.8 Å². The third-order valence-electron chi connectivity index (χ3n) is 10.4. The van der Waals surface area contributed by atoms with Gasteiger partial charge in [-0.3, -0.25) is 9.59 Å². The number of ether oxygens (including phenoxy) is 4. The summed E-state index contributed by atoms with van der Waals surface area (Å²) >= 11 is 1.34. The maximum absolute atomic E-state index is 15.6. The highest BCUT2D eigenvalue weighted by atomic mass is 32.1. The number of nitrogens with zero attached hydrogens (tertiary/aromatic N) is 1. The van der Waals surface area contributed by atoms with Gasteiger partial charge in [0.05, 0.1) is 37.9 Å².